The Morgan fingerprint density at radius 3 is 2.52 bits per heavy atom. The standard InChI is InChI=1S/C17H14Cl2F3N3O3S/c1-29(27,28)25(15-8-13(18)5-6-14(15)19)10-16(26)24-23-9-11-3-2-4-12(7-11)17(20,21)22/h2-9H,10H2,1H3,(H,24,26)/b23-9-. The number of nitrogens with zero attached hydrogens (tertiary/aromatic N) is 2. The van der Waals surface area contributed by atoms with Crippen LogP contribution in [0.15, 0.2) is 47.6 Å². The summed E-state index contributed by atoms with van der Waals surface area (Å²) < 4.78 is 62.9. The summed E-state index contributed by atoms with van der Waals surface area (Å²) in [5.41, 5.74) is 1.29. The molecule has 1 amide bonds. The van der Waals surface area contributed by atoms with Crippen molar-refractivity contribution in [2.75, 3.05) is 17.1 Å². The predicted octanol–water partition coefficient (Wildman–Crippen LogP) is 3.93. The summed E-state index contributed by atoms with van der Waals surface area (Å²) >= 11 is 11.9. The van der Waals surface area contributed by atoms with Gasteiger partial charge in [-0.3, -0.25) is 9.10 Å². The van der Waals surface area contributed by atoms with E-state index in [1.807, 2.05) is 0 Å². The normalized spacial score (nSPS) is 12.2. The molecule has 0 bridgehead atoms. The first kappa shape index (κ1) is 23.0. The fraction of sp³-hybridized carbons (Fsp3) is 0.176. The van der Waals surface area contributed by atoms with Crippen LogP contribution in [-0.4, -0.2) is 33.3 Å². The summed E-state index contributed by atoms with van der Waals surface area (Å²) in [5, 5.41) is 3.83. The molecule has 2 rings (SSSR count). The van der Waals surface area contributed by atoms with Gasteiger partial charge in [0.1, 0.15) is 6.54 Å². The van der Waals surface area contributed by atoms with Gasteiger partial charge >= 0.3 is 6.18 Å². The molecule has 2 aromatic rings. The summed E-state index contributed by atoms with van der Waals surface area (Å²) in [6.07, 6.45) is -2.63. The smallest absolute Gasteiger partial charge is 0.271 e. The number of benzene rings is 2. The molecule has 0 spiro atoms. The lowest BCUT2D eigenvalue weighted by atomic mass is 10.1. The van der Waals surface area contributed by atoms with Crippen LogP contribution in [-0.2, 0) is 21.0 Å². The van der Waals surface area contributed by atoms with E-state index in [4.69, 9.17) is 23.2 Å². The number of sulfonamides is 1. The third-order valence-corrected chi connectivity index (χ3v) is 5.16. The van der Waals surface area contributed by atoms with E-state index < -0.39 is 34.2 Å². The number of nitrogens with one attached hydrogen (secondary N) is 1. The zero-order valence-electron chi connectivity index (χ0n) is 14.7. The van der Waals surface area contributed by atoms with Gasteiger partial charge in [0.15, 0.2) is 0 Å². The highest BCUT2D eigenvalue weighted by atomic mass is 35.5. The van der Waals surface area contributed by atoms with Gasteiger partial charge in [0.05, 0.1) is 28.7 Å². The van der Waals surface area contributed by atoms with E-state index in [9.17, 15) is 26.4 Å². The molecular weight excluding hydrogens is 454 g/mol. The number of carbonyl (C=O) groups excluding carboxylic acids is 1. The van der Waals surface area contributed by atoms with Gasteiger partial charge < -0.3 is 0 Å². The second-order valence-electron chi connectivity index (χ2n) is 5.78. The first-order valence-electron chi connectivity index (χ1n) is 7.80. The van der Waals surface area contributed by atoms with Crippen LogP contribution in [0.4, 0.5) is 18.9 Å². The summed E-state index contributed by atoms with van der Waals surface area (Å²) in [6, 6.07) is 8.41. The average Bonchev–Trinajstić information content (AvgIpc) is 2.60. The zero-order chi connectivity index (χ0) is 21.8. The second kappa shape index (κ2) is 9.02. The highest BCUT2D eigenvalue weighted by molar-refractivity contribution is 7.92. The molecule has 0 saturated carbocycles. The summed E-state index contributed by atoms with van der Waals surface area (Å²) in [6.45, 7) is -0.668. The van der Waals surface area contributed by atoms with Crippen LogP contribution in [0.5, 0.6) is 0 Å². The van der Waals surface area contributed by atoms with Crippen LogP contribution < -0.4 is 9.73 Å². The maximum Gasteiger partial charge on any atom is 0.416 e. The molecule has 0 unspecified atom stereocenters. The number of carbonyl (C=O) groups is 1. The van der Waals surface area contributed by atoms with Crippen molar-refractivity contribution in [2.45, 2.75) is 6.18 Å². The van der Waals surface area contributed by atoms with E-state index in [1.54, 1.807) is 0 Å². The monoisotopic (exact) mass is 467 g/mol. The Hall–Kier alpha value is -2.30. The molecule has 2 aromatic carbocycles. The van der Waals surface area contributed by atoms with Crippen LogP contribution in [0.1, 0.15) is 11.1 Å². The topological polar surface area (TPSA) is 78.8 Å². The molecule has 29 heavy (non-hydrogen) atoms. The highest BCUT2D eigenvalue weighted by Gasteiger charge is 2.30. The summed E-state index contributed by atoms with van der Waals surface area (Å²) in [5.74, 6) is -0.838. The third-order valence-electron chi connectivity index (χ3n) is 3.48. The van der Waals surface area contributed by atoms with E-state index in [1.165, 1.54) is 30.3 Å². The molecule has 0 aliphatic rings. The maximum atomic E-state index is 12.7. The van der Waals surface area contributed by atoms with Gasteiger partial charge in [-0.15, -0.1) is 0 Å². The summed E-state index contributed by atoms with van der Waals surface area (Å²) in [4.78, 5) is 12.1. The maximum absolute atomic E-state index is 12.7. The lowest BCUT2D eigenvalue weighted by Crippen LogP contribution is -2.39. The number of hydrogen-bond acceptors (Lipinski definition) is 4. The van der Waals surface area contributed by atoms with Gasteiger partial charge in [0.2, 0.25) is 10.0 Å². The lowest BCUT2D eigenvalue weighted by molar-refractivity contribution is -0.137. The van der Waals surface area contributed by atoms with Crippen LogP contribution in [0, 0.1) is 0 Å². The highest BCUT2D eigenvalue weighted by Crippen LogP contribution is 2.31. The first-order valence-corrected chi connectivity index (χ1v) is 10.4. The molecule has 0 fully saturated rings. The molecule has 0 aliphatic heterocycles. The van der Waals surface area contributed by atoms with Gasteiger partial charge in [0.25, 0.3) is 5.91 Å². The number of amides is 1. The van der Waals surface area contributed by atoms with E-state index in [0.29, 0.717) is 0 Å². The Bertz CT molecular complexity index is 1040. The molecular formula is C17H14Cl2F3N3O3S. The number of hydrazone groups is 1. The van der Waals surface area contributed by atoms with Gasteiger partial charge in [-0.1, -0.05) is 35.3 Å². The number of hydrogen-bond donors (Lipinski definition) is 1. The SMILES string of the molecule is CS(=O)(=O)N(CC(=O)N/N=C\c1cccc(C(F)(F)F)c1)c1cc(Cl)ccc1Cl. The number of rotatable bonds is 6. The minimum Gasteiger partial charge on any atom is -0.271 e. The van der Waals surface area contributed by atoms with Crippen molar-refractivity contribution in [3.05, 3.63) is 63.6 Å². The number of alkyl halides is 3. The molecule has 12 heteroatoms. The third kappa shape index (κ3) is 6.62. The molecule has 0 saturated heterocycles. The van der Waals surface area contributed by atoms with Crippen LogP contribution in [0.3, 0.4) is 0 Å². The molecule has 0 aliphatic carbocycles. The molecule has 0 heterocycles. The van der Waals surface area contributed by atoms with E-state index in [0.717, 1.165) is 28.9 Å². The van der Waals surface area contributed by atoms with Crippen LogP contribution >= 0.6 is 23.2 Å². The van der Waals surface area contributed by atoms with Crippen molar-refractivity contribution in [3.63, 3.8) is 0 Å². The Morgan fingerprint density at radius 1 is 1.21 bits per heavy atom. The summed E-state index contributed by atoms with van der Waals surface area (Å²) in [7, 11) is -3.90. The lowest BCUT2D eigenvalue weighted by Gasteiger charge is -2.22. The fourth-order valence-corrected chi connectivity index (χ4v) is 3.49. The minimum absolute atomic E-state index is 0.00123. The number of halogens is 5. The van der Waals surface area contributed by atoms with Gasteiger partial charge in [-0.2, -0.15) is 18.3 Å². The van der Waals surface area contributed by atoms with E-state index in [-0.39, 0.29) is 21.3 Å². The molecule has 0 radical (unpaired) electrons. The van der Waals surface area contributed by atoms with Gasteiger partial charge in [-0.25, -0.2) is 13.8 Å². The van der Waals surface area contributed by atoms with Crippen LogP contribution in [0.2, 0.25) is 10.0 Å². The van der Waals surface area contributed by atoms with Crippen molar-refractivity contribution in [1.29, 1.82) is 0 Å². The van der Waals surface area contributed by atoms with E-state index in [2.05, 4.69) is 10.5 Å². The Balaban J connectivity index is 2.14. The quantitative estimate of drug-likeness (QED) is 0.516. The van der Waals surface area contributed by atoms with Crippen molar-refractivity contribution in [1.82, 2.24) is 5.43 Å². The molecule has 0 aromatic heterocycles. The minimum atomic E-state index is -4.51. The second-order valence-corrected chi connectivity index (χ2v) is 8.53. The molecule has 6 nitrogen and oxygen atoms in total. The van der Waals surface area contributed by atoms with Gasteiger partial charge in [-0.05, 0) is 35.9 Å². The van der Waals surface area contributed by atoms with Gasteiger partial charge in [0, 0.05) is 5.02 Å². The molecule has 0 atom stereocenters. The largest absolute Gasteiger partial charge is 0.416 e. The van der Waals surface area contributed by atoms with Crippen molar-refractivity contribution >= 4 is 51.0 Å². The molecule has 156 valence electrons. The first-order chi connectivity index (χ1) is 13.4. The predicted molar refractivity (Wildman–Crippen MR) is 106 cm³/mol. The molecule has 1 N–H and O–H groups in total. The fourth-order valence-electron chi connectivity index (χ4n) is 2.20. The van der Waals surface area contributed by atoms with Crippen molar-refractivity contribution in [3.8, 4) is 0 Å². The van der Waals surface area contributed by atoms with E-state index >= 15 is 0 Å². The van der Waals surface area contributed by atoms with Crippen molar-refractivity contribution < 1.29 is 26.4 Å². The zero-order valence-corrected chi connectivity index (χ0v) is 17.1. The average molecular weight is 468 g/mol. The number of anilines is 1. The Labute approximate surface area is 175 Å². The Kier molecular flexibility index (Phi) is 7.15. The van der Waals surface area contributed by atoms with Crippen molar-refractivity contribution in [2.24, 2.45) is 5.10 Å². The van der Waals surface area contributed by atoms with Crippen LogP contribution in [0.25, 0.3) is 0 Å². The Morgan fingerprint density at radius 2 is 1.90 bits per heavy atom.